The summed E-state index contributed by atoms with van der Waals surface area (Å²) in [6.45, 7) is 16.8. The van der Waals surface area contributed by atoms with Crippen molar-refractivity contribution in [1.29, 1.82) is 0 Å². The SMILES string of the molecule is CCC1O[C@@H](OC2[C@H]([O][AlH][I])OC(C)[C@H](C)[C@@H]2O[C@H]2O[C@@H](COCc3ccccc3)[C@@H](C)C(C)C2C)C(N=C=O)[C@@H](OC(C)=O)[C@@H]1C. The largest absolute Gasteiger partial charge is 0.527 e. The molecule has 3 aliphatic rings. The van der Waals surface area contributed by atoms with Crippen LogP contribution in [0.1, 0.15) is 67.4 Å². The molecular formula is C34H51AlINO10. The van der Waals surface area contributed by atoms with E-state index in [9.17, 15) is 9.59 Å². The van der Waals surface area contributed by atoms with Crippen molar-refractivity contribution in [2.75, 3.05) is 6.61 Å². The van der Waals surface area contributed by atoms with E-state index in [1.165, 1.54) is 6.92 Å². The standard InChI is InChI=1S/C34H50NO10.Al.HI.H/c1-9-26-22(6)29(41-24(8)37)28(35-17-36)34(42-26)45-31-30(21(5)23(7)40-32(31)38)44-33-20(4)18(2)19(3)27(43-33)16-39-15-25-13-11-10-12-14-25;;;/h10-14,18-23,26-34H,9,15-16H2,1-8H3;;1H;/q-1;+2;;/p-1/t18?,19-,20?,21-,22+,23?,26?,27-,28?,29-,30-,31?,32+,33+,34-;;;/m0.../s1. The lowest BCUT2D eigenvalue weighted by Crippen LogP contribution is -2.62. The Kier molecular flexibility index (Phi) is 15.2. The van der Waals surface area contributed by atoms with Crippen molar-refractivity contribution >= 4 is 44.6 Å². The molecule has 262 valence electrons. The maximum Gasteiger partial charge on any atom is 0.527 e. The monoisotopic (exact) mass is 787 g/mol. The molecule has 1 aromatic carbocycles. The Labute approximate surface area is 296 Å². The predicted molar refractivity (Wildman–Crippen MR) is 183 cm³/mol. The van der Waals surface area contributed by atoms with Crippen LogP contribution in [0.2, 0.25) is 0 Å². The van der Waals surface area contributed by atoms with Crippen molar-refractivity contribution in [1.82, 2.24) is 0 Å². The minimum atomic E-state index is -1.04. The second-order valence-corrected chi connectivity index (χ2v) is 15.7. The van der Waals surface area contributed by atoms with E-state index in [0.29, 0.717) is 25.6 Å². The number of rotatable bonds is 13. The van der Waals surface area contributed by atoms with Crippen LogP contribution in [0.25, 0.3) is 0 Å². The number of esters is 1. The van der Waals surface area contributed by atoms with Gasteiger partial charge in [-0.2, -0.15) is 25.3 Å². The Balaban J connectivity index is 1.59. The van der Waals surface area contributed by atoms with Gasteiger partial charge in [-0.25, -0.2) is 4.79 Å². The first-order valence-electron chi connectivity index (χ1n) is 16.8. The van der Waals surface area contributed by atoms with Gasteiger partial charge in [-0.05, 0) is 30.7 Å². The number of hydrogen-bond acceptors (Lipinski definition) is 11. The Morgan fingerprint density at radius 3 is 2.17 bits per heavy atom. The lowest BCUT2D eigenvalue weighted by molar-refractivity contribution is -0.357. The summed E-state index contributed by atoms with van der Waals surface area (Å²) in [6, 6.07) is 9.16. The van der Waals surface area contributed by atoms with Gasteiger partial charge in [0.2, 0.25) is 6.08 Å². The zero-order chi connectivity index (χ0) is 34.2. The van der Waals surface area contributed by atoms with Gasteiger partial charge in [0.1, 0.15) is 12.2 Å². The maximum absolute atomic E-state index is 12.1. The van der Waals surface area contributed by atoms with Crippen LogP contribution >= 0.6 is 20.3 Å². The molecule has 0 bridgehead atoms. The Morgan fingerprint density at radius 1 is 0.851 bits per heavy atom. The normalized spacial score (nSPS) is 40.7. The van der Waals surface area contributed by atoms with Crippen LogP contribution in [0.4, 0.5) is 0 Å². The van der Waals surface area contributed by atoms with Crippen LogP contribution in [0.5, 0.6) is 0 Å². The second kappa shape index (κ2) is 18.3. The van der Waals surface area contributed by atoms with Crippen molar-refractivity contribution < 1.29 is 46.5 Å². The van der Waals surface area contributed by atoms with Crippen molar-refractivity contribution in [3.05, 3.63) is 35.9 Å². The van der Waals surface area contributed by atoms with Crippen LogP contribution in [0.15, 0.2) is 35.3 Å². The molecule has 0 radical (unpaired) electrons. The number of halogens is 1. The maximum atomic E-state index is 12.1. The molecule has 3 fully saturated rings. The number of isocyanates is 1. The molecule has 0 aliphatic carbocycles. The van der Waals surface area contributed by atoms with E-state index in [1.54, 1.807) is 6.08 Å². The zero-order valence-electron chi connectivity index (χ0n) is 28.8. The molecule has 3 aliphatic heterocycles. The summed E-state index contributed by atoms with van der Waals surface area (Å²) in [5.41, 5.74) is 1.11. The number of nitrogens with zero attached hydrogens (tertiary/aromatic N) is 1. The molecule has 0 N–H and O–H groups in total. The van der Waals surface area contributed by atoms with Gasteiger partial charge in [0.05, 0.1) is 37.6 Å². The third kappa shape index (κ3) is 9.64. The van der Waals surface area contributed by atoms with E-state index < -0.39 is 61.5 Å². The number of hydrogen-bond donors (Lipinski definition) is 0. The van der Waals surface area contributed by atoms with Crippen LogP contribution < -0.4 is 0 Å². The molecule has 3 heterocycles. The van der Waals surface area contributed by atoms with Crippen molar-refractivity contribution in [2.45, 2.75) is 130 Å². The first-order chi connectivity index (χ1) is 22.5. The van der Waals surface area contributed by atoms with Gasteiger partial charge >= 0.3 is 18.2 Å². The van der Waals surface area contributed by atoms with Crippen LogP contribution in [-0.4, -0.2) is 92.5 Å². The van der Waals surface area contributed by atoms with Gasteiger partial charge in [0, 0.05) is 24.7 Å². The Bertz CT molecular complexity index is 1180. The Morgan fingerprint density at radius 2 is 1.53 bits per heavy atom. The fourth-order valence-corrected chi connectivity index (χ4v) is 8.34. The average molecular weight is 788 g/mol. The molecule has 11 nitrogen and oxygen atoms in total. The molecule has 13 heteroatoms. The molecule has 0 spiro atoms. The quantitative estimate of drug-likeness (QED) is 0.0878. The summed E-state index contributed by atoms with van der Waals surface area (Å²) in [6.07, 6.45) is -2.71. The predicted octanol–water partition coefficient (Wildman–Crippen LogP) is 5.11. The fraction of sp³-hybridized carbons (Fsp3) is 0.765. The topological polar surface area (TPSA) is 120 Å². The minimum Gasteiger partial charge on any atom is -0.470 e. The zero-order valence-corrected chi connectivity index (χ0v) is 32.4. The van der Waals surface area contributed by atoms with E-state index in [2.05, 4.69) is 53.0 Å². The third-order valence-corrected chi connectivity index (χ3v) is 11.9. The molecule has 47 heavy (non-hydrogen) atoms. The molecule has 1 aromatic rings. The smallest absolute Gasteiger partial charge is 0.470 e. The van der Waals surface area contributed by atoms with E-state index in [0.717, 1.165) is 5.56 Å². The van der Waals surface area contributed by atoms with Crippen molar-refractivity contribution in [3.63, 3.8) is 0 Å². The molecule has 0 amide bonds. The summed E-state index contributed by atoms with van der Waals surface area (Å²) in [5, 5.41) is 0. The minimum absolute atomic E-state index is 0.0803. The van der Waals surface area contributed by atoms with E-state index in [-0.39, 0.29) is 42.0 Å². The number of ether oxygens (including phenoxy) is 7. The molecule has 3 saturated heterocycles. The van der Waals surface area contributed by atoms with Gasteiger partial charge < -0.3 is 36.9 Å². The summed E-state index contributed by atoms with van der Waals surface area (Å²) in [5.74, 6) is -0.186. The van der Waals surface area contributed by atoms with Gasteiger partial charge in [-0.15, -0.1) is 0 Å². The molecule has 0 aromatic heterocycles. The van der Waals surface area contributed by atoms with E-state index in [1.807, 2.05) is 51.1 Å². The lowest BCUT2D eigenvalue weighted by Gasteiger charge is -2.51. The highest BCUT2D eigenvalue weighted by Crippen LogP contribution is 2.41. The number of aliphatic imine (C=N–C) groups is 1. The number of carbonyl (C=O) groups is 1. The van der Waals surface area contributed by atoms with Gasteiger partial charge in [-0.3, -0.25) is 4.79 Å². The third-order valence-electron chi connectivity index (χ3n) is 10.3. The van der Waals surface area contributed by atoms with Crippen LogP contribution in [0.3, 0.4) is 0 Å². The molecule has 4 rings (SSSR count). The average Bonchev–Trinajstić information content (AvgIpc) is 3.05. The summed E-state index contributed by atoms with van der Waals surface area (Å²) < 4.78 is 51.1. The van der Waals surface area contributed by atoms with Gasteiger partial charge in [-0.1, -0.05) is 71.9 Å². The van der Waals surface area contributed by atoms with Gasteiger partial charge in [0.15, 0.2) is 24.9 Å². The highest BCUT2D eigenvalue weighted by molar-refractivity contribution is 14.1. The van der Waals surface area contributed by atoms with Crippen LogP contribution in [-0.2, 0) is 53.1 Å². The molecule has 15 atom stereocenters. The van der Waals surface area contributed by atoms with Crippen LogP contribution in [0, 0.1) is 29.6 Å². The van der Waals surface area contributed by atoms with E-state index in [4.69, 9.17) is 36.9 Å². The summed E-state index contributed by atoms with van der Waals surface area (Å²) in [4.78, 5) is 27.8. The van der Waals surface area contributed by atoms with Crippen molar-refractivity contribution in [2.24, 2.45) is 34.6 Å². The van der Waals surface area contributed by atoms with Gasteiger partial charge in [0.25, 0.3) is 0 Å². The first kappa shape index (κ1) is 38.8. The lowest BCUT2D eigenvalue weighted by atomic mass is 9.79. The Hall–Kier alpha value is -0.948. The van der Waals surface area contributed by atoms with Crippen molar-refractivity contribution in [3.8, 4) is 0 Å². The van der Waals surface area contributed by atoms with E-state index >= 15 is 0 Å². The second-order valence-electron chi connectivity index (χ2n) is 13.3. The fourth-order valence-electron chi connectivity index (χ4n) is 6.88. The molecular weight excluding hydrogens is 736 g/mol. The summed E-state index contributed by atoms with van der Waals surface area (Å²) >= 11 is 1.30. The number of benzene rings is 1. The first-order valence-corrected chi connectivity index (χ1v) is 22.5. The molecule has 6 unspecified atom stereocenters. The summed E-state index contributed by atoms with van der Waals surface area (Å²) in [7, 11) is 0. The highest BCUT2D eigenvalue weighted by Gasteiger charge is 2.52. The highest BCUT2D eigenvalue weighted by atomic mass is 127. The number of carbonyl (C=O) groups excluding carboxylic acids is 2. The molecule has 0 saturated carbocycles.